The number of likely N-dealkylation sites (tertiary alicyclic amines) is 1. The summed E-state index contributed by atoms with van der Waals surface area (Å²) in [4.78, 5) is 25.8. The molecule has 0 bridgehead atoms. The van der Waals surface area contributed by atoms with E-state index in [1.807, 2.05) is 30.9 Å². The second kappa shape index (κ2) is 13.8. The number of rotatable bonds is 4. The second-order valence-corrected chi connectivity index (χ2v) is 8.32. The molecule has 2 N–H and O–H groups in total. The minimum absolute atomic E-state index is 0.0781. The van der Waals surface area contributed by atoms with Crippen LogP contribution in [0, 0.1) is 11.7 Å². The number of allylic oxidation sites excluding steroid dienone is 3. The molecule has 3 rings (SSSR count). The number of benzene rings is 1. The molecule has 1 heterocycles. The zero-order valence-corrected chi connectivity index (χ0v) is 20.5. The maximum absolute atomic E-state index is 13.1. The number of carbonyl (C=O) groups excluding carboxylic acids is 2. The Labute approximate surface area is 193 Å². The molecule has 5 nitrogen and oxygen atoms in total. The second-order valence-electron chi connectivity index (χ2n) is 8.32. The summed E-state index contributed by atoms with van der Waals surface area (Å²) in [6.45, 7) is 9.38. The molecular formula is C26H40FN3O2. The SMILES string of the molecule is CC.CC(=O)N(C)C.CC1CC(C[C@H](N)C(=O)N2CCCC2)=CC=C1c1ccc(F)cc1. The van der Waals surface area contributed by atoms with E-state index in [0.29, 0.717) is 12.3 Å². The number of hydrogen-bond acceptors (Lipinski definition) is 3. The molecule has 1 fully saturated rings. The smallest absolute Gasteiger partial charge is 0.239 e. The van der Waals surface area contributed by atoms with Crippen molar-refractivity contribution >= 4 is 17.4 Å². The van der Waals surface area contributed by atoms with E-state index in [-0.39, 0.29) is 17.6 Å². The van der Waals surface area contributed by atoms with E-state index in [9.17, 15) is 14.0 Å². The highest BCUT2D eigenvalue weighted by Gasteiger charge is 2.25. The Bertz CT molecular complexity index is 794. The molecule has 0 saturated carbocycles. The van der Waals surface area contributed by atoms with Gasteiger partial charge in [-0.1, -0.05) is 50.6 Å². The Balaban J connectivity index is 0.000000556. The average molecular weight is 446 g/mol. The molecule has 1 aliphatic heterocycles. The van der Waals surface area contributed by atoms with E-state index in [1.165, 1.54) is 35.1 Å². The van der Waals surface area contributed by atoms with Crippen LogP contribution in [-0.2, 0) is 9.59 Å². The Hall–Kier alpha value is -2.47. The lowest BCUT2D eigenvalue weighted by Crippen LogP contribution is -2.42. The first-order chi connectivity index (χ1) is 15.2. The van der Waals surface area contributed by atoms with Crippen molar-refractivity contribution in [3.05, 3.63) is 53.4 Å². The van der Waals surface area contributed by atoms with Gasteiger partial charge in [-0.3, -0.25) is 9.59 Å². The van der Waals surface area contributed by atoms with Gasteiger partial charge >= 0.3 is 0 Å². The Kier molecular flexibility index (Phi) is 11.9. The molecule has 1 aromatic rings. The third-order valence-corrected chi connectivity index (χ3v) is 5.62. The number of nitrogens with zero attached hydrogens (tertiary/aromatic N) is 2. The fourth-order valence-electron chi connectivity index (χ4n) is 3.66. The van der Waals surface area contributed by atoms with Gasteiger partial charge in [-0.05, 0) is 54.9 Å². The molecule has 0 aromatic heterocycles. The summed E-state index contributed by atoms with van der Waals surface area (Å²) in [5.41, 5.74) is 9.62. The molecule has 32 heavy (non-hydrogen) atoms. The van der Waals surface area contributed by atoms with Gasteiger partial charge in [0.1, 0.15) is 5.82 Å². The topological polar surface area (TPSA) is 66.6 Å². The summed E-state index contributed by atoms with van der Waals surface area (Å²) < 4.78 is 13.1. The van der Waals surface area contributed by atoms with E-state index in [4.69, 9.17) is 5.73 Å². The van der Waals surface area contributed by atoms with Gasteiger partial charge in [-0.15, -0.1) is 0 Å². The summed E-state index contributed by atoms with van der Waals surface area (Å²) >= 11 is 0. The van der Waals surface area contributed by atoms with Crippen molar-refractivity contribution in [2.24, 2.45) is 11.7 Å². The number of nitrogens with two attached hydrogens (primary N) is 1. The van der Waals surface area contributed by atoms with Crippen LogP contribution in [-0.4, -0.2) is 54.8 Å². The molecule has 2 amide bonds. The molecule has 6 heteroatoms. The van der Waals surface area contributed by atoms with Crippen LogP contribution in [0.3, 0.4) is 0 Å². The van der Waals surface area contributed by atoms with Crippen LogP contribution in [0.1, 0.15) is 58.9 Å². The summed E-state index contributed by atoms with van der Waals surface area (Å²) in [7, 11) is 3.45. The van der Waals surface area contributed by atoms with Crippen LogP contribution in [0.5, 0.6) is 0 Å². The van der Waals surface area contributed by atoms with Crippen molar-refractivity contribution in [3.63, 3.8) is 0 Å². The number of amides is 2. The van der Waals surface area contributed by atoms with E-state index in [0.717, 1.165) is 37.9 Å². The fraction of sp³-hybridized carbons (Fsp3) is 0.538. The third-order valence-electron chi connectivity index (χ3n) is 5.62. The molecule has 1 aromatic carbocycles. The Morgan fingerprint density at radius 1 is 1.12 bits per heavy atom. The van der Waals surface area contributed by atoms with Crippen molar-refractivity contribution in [1.82, 2.24) is 9.80 Å². The van der Waals surface area contributed by atoms with Crippen molar-refractivity contribution in [1.29, 1.82) is 0 Å². The molecule has 0 radical (unpaired) electrons. The molecule has 178 valence electrons. The highest BCUT2D eigenvalue weighted by atomic mass is 19.1. The van der Waals surface area contributed by atoms with E-state index in [2.05, 4.69) is 19.1 Å². The van der Waals surface area contributed by atoms with E-state index >= 15 is 0 Å². The predicted octanol–water partition coefficient (Wildman–Crippen LogP) is 4.64. The zero-order valence-electron chi connectivity index (χ0n) is 20.5. The molecule has 2 atom stereocenters. The van der Waals surface area contributed by atoms with Gasteiger partial charge in [-0.2, -0.15) is 0 Å². The van der Waals surface area contributed by atoms with Gasteiger partial charge < -0.3 is 15.5 Å². The van der Waals surface area contributed by atoms with Crippen LogP contribution < -0.4 is 5.73 Å². The quantitative estimate of drug-likeness (QED) is 0.734. The van der Waals surface area contributed by atoms with Gasteiger partial charge in [0.25, 0.3) is 0 Å². The molecule has 1 aliphatic carbocycles. The maximum Gasteiger partial charge on any atom is 0.239 e. The fourth-order valence-corrected chi connectivity index (χ4v) is 3.66. The maximum atomic E-state index is 13.1. The molecule has 2 aliphatic rings. The van der Waals surface area contributed by atoms with Crippen LogP contribution >= 0.6 is 0 Å². The first-order valence-electron chi connectivity index (χ1n) is 11.6. The molecule has 0 spiro atoms. The number of halogens is 1. The first kappa shape index (κ1) is 27.6. The lowest BCUT2D eigenvalue weighted by molar-refractivity contribution is -0.131. The minimum atomic E-state index is -0.442. The lowest BCUT2D eigenvalue weighted by atomic mass is 9.83. The van der Waals surface area contributed by atoms with Crippen LogP contribution in [0.4, 0.5) is 4.39 Å². The highest BCUT2D eigenvalue weighted by molar-refractivity contribution is 5.82. The van der Waals surface area contributed by atoms with Gasteiger partial charge in [0.2, 0.25) is 11.8 Å². The van der Waals surface area contributed by atoms with E-state index in [1.54, 1.807) is 14.1 Å². The Morgan fingerprint density at radius 3 is 2.12 bits per heavy atom. The van der Waals surface area contributed by atoms with Crippen LogP contribution in [0.2, 0.25) is 0 Å². The van der Waals surface area contributed by atoms with Crippen molar-refractivity contribution in [2.45, 2.75) is 59.4 Å². The van der Waals surface area contributed by atoms with Gasteiger partial charge in [-0.25, -0.2) is 4.39 Å². The zero-order chi connectivity index (χ0) is 24.3. The van der Waals surface area contributed by atoms with Crippen molar-refractivity contribution < 1.29 is 14.0 Å². The molecular weight excluding hydrogens is 405 g/mol. The summed E-state index contributed by atoms with van der Waals surface area (Å²) in [5, 5.41) is 0. The van der Waals surface area contributed by atoms with Crippen molar-refractivity contribution in [2.75, 3.05) is 27.2 Å². The molecule has 1 unspecified atom stereocenters. The predicted molar refractivity (Wildman–Crippen MR) is 130 cm³/mol. The van der Waals surface area contributed by atoms with Gasteiger partial charge in [0.05, 0.1) is 6.04 Å². The van der Waals surface area contributed by atoms with Crippen LogP contribution in [0.15, 0.2) is 42.0 Å². The minimum Gasteiger partial charge on any atom is -0.349 e. The van der Waals surface area contributed by atoms with Gasteiger partial charge in [0, 0.05) is 34.1 Å². The van der Waals surface area contributed by atoms with Crippen LogP contribution in [0.25, 0.3) is 5.57 Å². The summed E-state index contributed by atoms with van der Waals surface area (Å²) in [6, 6.07) is 6.18. The standard InChI is InChI=1S/C20H25FN2O.C4H9NO.C2H6/c1-14-12-15(13-19(22)20(24)23-10-2-3-11-23)4-9-18(14)16-5-7-17(21)8-6-16;1-4(6)5(2)3;1-2/h4-9,14,19H,2-3,10-13,22H2,1H3;1-3H3;1-2H3/t14?,19-;;/m0../s1. The third kappa shape index (κ3) is 8.58. The normalized spacial score (nSPS) is 18.2. The summed E-state index contributed by atoms with van der Waals surface area (Å²) in [5.74, 6) is 0.291. The van der Waals surface area contributed by atoms with Crippen molar-refractivity contribution in [3.8, 4) is 0 Å². The Morgan fingerprint density at radius 2 is 1.66 bits per heavy atom. The summed E-state index contributed by atoms with van der Waals surface area (Å²) in [6.07, 6.45) is 7.85. The average Bonchev–Trinajstić information content (AvgIpc) is 3.31. The molecule has 1 saturated heterocycles. The van der Waals surface area contributed by atoms with Gasteiger partial charge in [0.15, 0.2) is 0 Å². The van der Waals surface area contributed by atoms with E-state index < -0.39 is 6.04 Å². The lowest BCUT2D eigenvalue weighted by Gasteiger charge is -2.25. The largest absolute Gasteiger partial charge is 0.349 e. The number of carbonyl (C=O) groups is 2. The monoisotopic (exact) mass is 445 g/mol. The highest BCUT2D eigenvalue weighted by Crippen LogP contribution is 2.33. The first-order valence-corrected chi connectivity index (χ1v) is 11.6. The number of hydrogen-bond donors (Lipinski definition) is 1.